The molecular weight excluding hydrogens is 358 g/mol. The first-order valence-corrected chi connectivity index (χ1v) is 9.31. The van der Waals surface area contributed by atoms with E-state index in [0.717, 1.165) is 11.8 Å². The van der Waals surface area contributed by atoms with Crippen molar-refractivity contribution in [3.63, 3.8) is 0 Å². The van der Waals surface area contributed by atoms with Gasteiger partial charge in [-0.25, -0.2) is 23.7 Å². The first kappa shape index (κ1) is 17.4. The Morgan fingerprint density at radius 3 is 2.92 bits per heavy atom. The number of aromatic nitrogens is 2. The van der Waals surface area contributed by atoms with Gasteiger partial charge in [-0.3, -0.25) is 0 Å². The minimum absolute atomic E-state index is 0.0253. The molecule has 1 fully saturated rings. The summed E-state index contributed by atoms with van der Waals surface area (Å²) >= 11 is 1.44. The van der Waals surface area contributed by atoms with Gasteiger partial charge in [-0.2, -0.15) is 0 Å². The zero-order valence-corrected chi connectivity index (χ0v) is 15.0. The third-order valence-electron chi connectivity index (χ3n) is 4.92. The van der Waals surface area contributed by atoms with Crippen molar-refractivity contribution >= 4 is 16.9 Å². The largest absolute Gasteiger partial charge is 0.379 e. The second-order valence-corrected chi connectivity index (χ2v) is 7.64. The number of benzene rings is 1. The van der Waals surface area contributed by atoms with Crippen molar-refractivity contribution in [2.24, 2.45) is 16.6 Å². The Kier molecular flexibility index (Phi) is 4.40. The minimum atomic E-state index is -0.951. The molecule has 3 atom stereocenters. The van der Waals surface area contributed by atoms with Gasteiger partial charge in [-0.05, 0) is 25.5 Å². The van der Waals surface area contributed by atoms with Crippen LogP contribution in [0.3, 0.4) is 0 Å². The summed E-state index contributed by atoms with van der Waals surface area (Å²) < 4.78 is 34.0. The first-order valence-electron chi connectivity index (χ1n) is 8.33. The van der Waals surface area contributed by atoms with Crippen molar-refractivity contribution in [1.82, 2.24) is 9.97 Å². The summed E-state index contributed by atoms with van der Waals surface area (Å²) in [5.74, 6) is 0.0161. The molecule has 0 unspecified atom stereocenters. The van der Waals surface area contributed by atoms with Crippen molar-refractivity contribution in [1.29, 1.82) is 0 Å². The summed E-state index contributed by atoms with van der Waals surface area (Å²) in [5.41, 5.74) is 6.17. The predicted molar refractivity (Wildman–Crippen MR) is 95.7 cm³/mol. The average Bonchev–Trinajstić information content (AvgIpc) is 2.61. The standard InChI is InChI=1S/C18H18F2N4OS/c1-10-4-5-22-16(23-10)15-6-11-8-26-17(21)24-18(11,9-25-15)13-3-2-12(19)7-14(13)20/h2-5,7,11,15H,6,8-9H2,1H3,(H2,21,24)/t11-,15+,18-/m0/s1. The molecule has 2 aliphatic rings. The molecule has 26 heavy (non-hydrogen) atoms. The number of fused-ring (bicyclic) bond motifs is 1. The molecule has 0 spiro atoms. The molecule has 3 heterocycles. The zero-order valence-electron chi connectivity index (χ0n) is 14.2. The Bertz CT molecular complexity index is 878. The third-order valence-corrected chi connectivity index (χ3v) is 5.88. The highest BCUT2D eigenvalue weighted by molar-refractivity contribution is 8.13. The van der Waals surface area contributed by atoms with Gasteiger partial charge < -0.3 is 10.5 Å². The minimum Gasteiger partial charge on any atom is -0.379 e. The highest BCUT2D eigenvalue weighted by Gasteiger charge is 2.50. The van der Waals surface area contributed by atoms with Crippen LogP contribution >= 0.6 is 11.8 Å². The number of rotatable bonds is 2. The van der Waals surface area contributed by atoms with Gasteiger partial charge >= 0.3 is 0 Å². The smallest absolute Gasteiger partial charge is 0.157 e. The van der Waals surface area contributed by atoms with E-state index in [1.54, 1.807) is 6.20 Å². The first-order chi connectivity index (χ1) is 12.5. The number of ether oxygens (including phenoxy) is 1. The van der Waals surface area contributed by atoms with Crippen molar-refractivity contribution in [2.45, 2.75) is 25.0 Å². The molecule has 5 nitrogen and oxygen atoms in total. The van der Waals surface area contributed by atoms with Crippen molar-refractivity contribution in [3.05, 3.63) is 59.2 Å². The number of halogens is 2. The van der Waals surface area contributed by atoms with Crippen molar-refractivity contribution < 1.29 is 13.5 Å². The molecule has 0 bridgehead atoms. The van der Waals surface area contributed by atoms with Crippen LogP contribution < -0.4 is 5.73 Å². The average molecular weight is 376 g/mol. The second-order valence-electron chi connectivity index (χ2n) is 6.60. The normalized spacial score (nSPS) is 28.3. The highest BCUT2D eigenvalue weighted by Crippen LogP contribution is 2.49. The van der Waals surface area contributed by atoms with Gasteiger partial charge in [0.1, 0.15) is 23.3 Å². The zero-order chi connectivity index (χ0) is 18.3. The lowest BCUT2D eigenvalue weighted by atomic mass is 9.75. The summed E-state index contributed by atoms with van der Waals surface area (Å²) in [4.78, 5) is 13.3. The SMILES string of the molecule is Cc1ccnc([C@H]2C[C@H]3CSC(N)=N[C@@]3(c3ccc(F)cc3F)CO2)n1. The lowest BCUT2D eigenvalue weighted by Gasteiger charge is -2.46. The molecule has 0 amide bonds. The molecule has 1 aromatic heterocycles. The number of amidine groups is 1. The van der Waals surface area contributed by atoms with E-state index in [9.17, 15) is 8.78 Å². The van der Waals surface area contributed by atoms with Gasteiger partial charge in [0.05, 0.1) is 6.61 Å². The quantitative estimate of drug-likeness (QED) is 0.872. The number of thioether (sulfide) groups is 1. The van der Waals surface area contributed by atoms with Gasteiger partial charge in [-0.15, -0.1) is 0 Å². The Balaban J connectivity index is 1.72. The summed E-state index contributed by atoms with van der Waals surface area (Å²) in [6, 6.07) is 5.39. The predicted octanol–water partition coefficient (Wildman–Crippen LogP) is 3.10. The van der Waals surface area contributed by atoms with Crippen molar-refractivity contribution in [2.75, 3.05) is 12.4 Å². The van der Waals surface area contributed by atoms with Crippen LogP contribution in [0.25, 0.3) is 0 Å². The summed E-state index contributed by atoms with van der Waals surface area (Å²) in [5, 5.41) is 0.388. The third kappa shape index (κ3) is 2.97. The van der Waals surface area contributed by atoms with Crippen LogP contribution in [0.5, 0.6) is 0 Å². The Labute approximate surface area is 154 Å². The monoisotopic (exact) mass is 376 g/mol. The van der Waals surface area contributed by atoms with Gasteiger partial charge in [0.25, 0.3) is 0 Å². The van der Waals surface area contributed by atoms with E-state index in [4.69, 9.17) is 10.5 Å². The van der Waals surface area contributed by atoms with E-state index in [1.807, 2.05) is 13.0 Å². The van der Waals surface area contributed by atoms with Gasteiger partial charge in [0.2, 0.25) is 0 Å². The Morgan fingerprint density at radius 2 is 2.15 bits per heavy atom. The maximum Gasteiger partial charge on any atom is 0.157 e. The maximum atomic E-state index is 14.6. The Hall–Kier alpha value is -2.06. The van der Waals surface area contributed by atoms with Gasteiger partial charge in [-0.1, -0.05) is 17.8 Å². The molecule has 2 aliphatic heterocycles. The van der Waals surface area contributed by atoms with E-state index >= 15 is 0 Å². The molecular formula is C18H18F2N4OS. The molecule has 0 saturated carbocycles. The van der Waals surface area contributed by atoms with Gasteiger partial charge in [0.15, 0.2) is 11.0 Å². The maximum absolute atomic E-state index is 14.6. The van der Waals surface area contributed by atoms with E-state index in [-0.39, 0.29) is 18.6 Å². The molecule has 2 N–H and O–H groups in total. The van der Waals surface area contributed by atoms with Gasteiger partial charge in [0, 0.05) is 35.2 Å². The molecule has 0 aliphatic carbocycles. The molecule has 2 aromatic rings. The van der Waals surface area contributed by atoms with E-state index in [2.05, 4.69) is 15.0 Å². The number of hydrogen-bond acceptors (Lipinski definition) is 6. The topological polar surface area (TPSA) is 73.4 Å². The van der Waals surface area contributed by atoms with Crippen LogP contribution in [-0.4, -0.2) is 27.5 Å². The lowest BCUT2D eigenvalue weighted by Crippen LogP contribution is -2.48. The van der Waals surface area contributed by atoms with E-state index in [0.29, 0.717) is 28.7 Å². The van der Waals surface area contributed by atoms with Crippen LogP contribution in [0, 0.1) is 24.5 Å². The fourth-order valence-corrected chi connectivity index (χ4v) is 4.62. The lowest BCUT2D eigenvalue weighted by molar-refractivity contribution is -0.0627. The number of nitrogens with zero attached hydrogens (tertiary/aromatic N) is 3. The van der Waals surface area contributed by atoms with Crippen LogP contribution in [0.1, 0.15) is 29.6 Å². The highest BCUT2D eigenvalue weighted by atomic mass is 32.2. The van der Waals surface area contributed by atoms with Crippen molar-refractivity contribution in [3.8, 4) is 0 Å². The number of aliphatic imine (C=N–C) groups is 1. The summed E-state index contributed by atoms with van der Waals surface area (Å²) in [6.45, 7) is 2.04. The molecule has 136 valence electrons. The second kappa shape index (κ2) is 6.59. The molecule has 1 saturated heterocycles. The summed E-state index contributed by atoms with van der Waals surface area (Å²) in [7, 11) is 0. The van der Waals surface area contributed by atoms with Crippen LogP contribution in [0.4, 0.5) is 8.78 Å². The van der Waals surface area contributed by atoms with E-state index in [1.165, 1.54) is 23.9 Å². The molecule has 8 heteroatoms. The fraction of sp³-hybridized carbons (Fsp3) is 0.389. The molecule has 4 rings (SSSR count). The molecule has 0 radical (unpaired) electrons. The van der Waals surface area contributed by atoms with Crippen LogP contribution in [-0.2, 0) is 10.3 Å². The van der Waals surface area contributed by atoms with E-state index < -0.39 is 17.2 Å². The number of nitrogens with two attached hydrogens (primary N) is 1. The van der Waals surface area contributed by atoms with Crippen LogP contribution in [0.15, 0.2) is 35.5 Å². The molecule has 1 aromatic carbocycles. The fourth-order valence-electron chi connectivity index (χ4n) is 3.61. The summed E-state index contributed by atoms with van der Waals surface area (Å²) in [6.07, 6.45) is 2.00. The number of hydrogen-bond donors (Lipinski definition) is 1. The number of aryl methyl sites for hydroxylation is 1. The van der Waals surface area contributed by atoms with Crippen LogP contribution in [0.2, 0.25) is 0 Å². The Morgan fingerprint density at radius 1 is 1.31 bits per heavy atom.